The lowest BCUT2D eigenvalue weighted by molar-refractivity contribution is -0.123. The van der Waals surface area contributed by atoms with Crippen LogP contribution in [0.25, 0.3) is 0 Å². The number of hydrogen-bond donors (Lipinski definition) is 3. The lowest BCUT2D eigenvalue weighted by Crippen LogP contribution is -2.45. The molecule has 64 heavy (non-hydrogen) atoms. The summed E-state index contributed by atoms with van der Waals surface area (Å²) >= 11 is 0. The first-order valence-electron chi connectivity index (χ1n) is 29.9. The Kier molecular flexibility index (Phi) is 55.7. The van der Waals surface area contributed by atoms with Gasteiger partial charge in [0, 0.05) is 6.42 Å². The largest absolute Gasteiger partial charge is 0.394 e. The molecule has 382 valence electrons. The monoisotopic (exact) mass is 902 g/mol. The van der Waals surface area contributed by atoms with Gasteiger partial charge in [0.2, 0.25) is 5.91 Å². The molecule has 0 aromatic heterocycles. The number of nitrogens with one attached hydrogen (secondary N) is 1. The SMILES string of the molecule is CCCCCCCCCC/C=C\CCCCCCCCCCCCCCCCCCCC(=O)NC(CO)C(O)CCCCCCCCCCCCCCCCCCCCCCCCC. The molecule has 0 rings (SSSR count). The summed E-state index contributed by atoms with van der Waals surface area (Å²) in [5.74, 6) is -0.0230. The summed E-state index contributed by atoms with van der Waals surface area (Å²) in [6.07, 6.45) is 73.6. The van der Waals surface area contributed by atoms with Crippen molar-refractivity contribution < 1.29 is 15.0 Å². The van der Waals surface area contributed by atoms with Crippen LogP contribution < -0.4 is 5.32 Å². The number of carbonyl (C=O) groups excluding carboxylic acids is 1. The number of aliphatic hydroxyl groups is 2. The topological polar surface area (TPSA) is 69.6 Å². The van der Waals surface area contributed by atoms with Crippen LogP contribution in [0.15, 0.2) is 12.2 Å². The van der Waals surface area contributed by atoms with E-state index in [2.05, 4.69) is 31.3 Å². The summed E-state index contributed by atoms with van der Waals surface area (Å²) in [5, 5.41) is 23.4. The molecular weight excluding hydrogens is 783 g/mol. The van der Waals surface area contributed by atoms with Crippen LogP contribution in [0.5, 0.6) is 0 Å². The highest BCUT2D eigenvalue weighted by atomic mass is 16.3. The van der Waals surface area contributed by atoms with Crippen molar-refractivity contribution in [2.75, 3.05) is 6.61 Å². The Morgan fingerprint density at radius 1 is 0.359 bits per heavy atom. The molecule has 2 unspecified atom stereocenters. The van der Waals surface area contributed by atoms with Gasteiger partial charge in [-0.2, -0.15) is 0 Å². The van der Waals surface area contributed by atoms with E-state index in [4.69, 9.17) is 0 Å². The molecule has 4 nitrogen and oxygen atoms in total. The Balaban J connectivity index is 3.40. The van der Waals surface area contributed by atoms with Crippen LogP contribution in [0, 0.1) is 0 Å². The lowest BCUT2D eigenvalue weighted by atomic mass is 10.0. The molecule has 2 atom stereocenters. The summed E-state index contributed by atoms with van der Waals surface area (Å²) in [5.41, 5.74) is 0. The minimum Gasteiger partial charge on any atom is -0.394 e. The average Bonchev–Trinajstić information content (AvgIpc) is 3.30. The summed E-state index contributed by atoms with van der Waals surface area (Å²) in [6.45, 7) is 4.40. The first-order chi connectivity index (χ1) is 31.7. The minimum atomic E-state index is -0.657. The van der Waals surface area contributed by atoms with E-state index in [1.165, 1.54) is 295 Å². The van der Waals surface area contributed by atoms with Gasteiger partial charge >= 0.3 is 0 Å². The third-order valence-electron chi connectivity index (χ3n) is 14.3. The molecule has 0 fully saturated rings. The Morgan fingerprint density at radius 3 is 0.859 bits per heavy atom. The van der Waals surface area contributed by atoms with Crippen molar-refractivity contribution in [3.05, 3.63) is 12.2 Å². The third-order valence-corrected chi connectivity index (χ3v) is 14.3. The van der Waals surface area contributed by atoms with Crippen LogP contribution in [0.2, 0.25) is 0 Å². The molecule has 4 heteroatoms. The minimum absolute atomic E-state index is 0.0230. The molecule has 1 amide bonds. The van der Waals surface area contributed by atoms with Gasteiger partial charge in [0.05, 0.1) is 18.8 Å². The highest BCUT2D eigenvalue weighted by Crippen LogP contribution is 2.18. The maximum atomic E-state index is 12.5. The molecule has 0 saturated heterocycles. The van der Waals surface area contributed by atoms with E-state index in [1.807, 2.05) is 0 Å². The molecule has 0 saturated carbocycles. The van der Waals surface area contributed by atoms with Gasteiger partial charge in [0.1, 0.15) is 0 Å². The first kappa shape index (κ1) is 63.1. The predicted octanol–water partition coefficient (Wildman–Crippen LogP) is 19.7. The van der Waals surface area contributed by atoms with Crippen molar-refractivity contribution in [2.24, 2.45) is 0 Å². The van der Waals surface area contributed by atoms with Gasteiger partial charge in [-0.25, -0.2) is 0 Å². The van der Waals surface area contributed by atoms with Crippen molar-refractivity contribution in [3.63, 3.8) is 0 Å². The molecule has 0 radical (unpaired) electrons. The molecule has 0 aromatic carbocycles. The van der Waals surface area contributed by atoms with Gasteiger partial charge in [-0.1, -0.05) is 315 Å². The molecular formula is C60H119NO3. The highest BCUT2D eigenvalue weighted by Gasteiger charge is 2.20. The maximum Gasteiger partial charge on any atom is 0.220 e. The zero-order valence-corrected chi connectivity index (χ0v) is 44.1. The van der Waals surface area contributed by atoms with Gasteiger partial charge in [0.25, 0.3) is 0 Å². The number of hydrogen-bond acceptors (Lipinski definition) is 3. The summed E-state index contributed by atoms with van der Waals surface area (Å²) < 4.78 is 0. The first-order valence-corrected chi connectivity index (χ1v) is 29.9. The van der Waals surface area contributed by atoms with Crippen molar-refractivity contribution in [1.82, 2.24) is 5.32 Å². The van der Waals surface area contributed by atoms with Crippen LogP contribution in [-0.2, 0) is 4.79 Å². The number of aliphatic hydroxyl groups excluding tert-OH is 2. The normalized spacial score (nSPS) is 12.8. The molecule has 0 aliphatic heterocycles. The number of amides is 1. The lowest BCUT2D eigenvalue weighted by Gasteiger charge is -2.22. The fourth-order valence-electron chi connectivity index (χ4n) is 9.71. The molecule has 0 bridgehead atoms. The van der Waals surface area contributed by atoms with Crippen molar-refractivity contribution in [2.45, 2.75) is 360 Å². The van der Waals surface area contributed by atoms with E-state index < -0.39 is 12.1 Å². The zero-order chi connectivity index (χ0) is 46.3. The summed E-state index contributed by atoms with van der Waals surface area (Å²) in [4.78, 5) is 12.5. The highest BCUT2D eigenvalue weighted by molar-refractivity contribution is 5.76. The summed E-state index contributed by atoms with van der Waals surface area (Å²) in [6, 6.07) is -0.533. The van der Waals surface area contributed by atoms with Gasteiger partial charge < -0.3 is 15.5 Å². The Morgan fingerprint density at radius 2 is 0.594 bits per heavy atom. The predicted molar refractivity (Wildman–Crippen MR) is 286 cm³/mol. The van der Waals surface area contributed by atoms with E-state index in [9.17, 15) is 15.0 Å². The summed E-state index contributed by atoms with van der Waals surface area (Å²) in [7, 11) is 0. The van der Waals surface area contributed by atoms with Crippen LogP contribution in [0.1, 0.15) is 348 Å². The van der Waals surface area contributed by atoms with Crippen LogP contribution in [-0.4, -0.2) is 34.9 Å². The second-order valence-electron chi connectivity index (χ2n) is 20.8. The van der Waals surface area contributed by atoms with E-state index in [1.54, 1.807) is 0 Å². The van der Waals surface area contributed by atoms with Gasteiger partial charge in [-0.3, -0.25) is 4.79 Å². The van der Waals surface area contributed by atoms with E-state index in [0.717, 1.165) is 25.7 Å². The van der Waals surface area contributed by atoms with Crippen LogP contribution in [0.3, 0.4) is 0 Å². The van der Waals surface area contributed by atoms with Gasteiger partial charge in [-0.05, 0) is 38.5 Å². The Hall–Kier alpha value is -0.870. The number of unbranched alkanes of at least 4 members (excludes halogenated alkanes) is 47. The standard InChI is InChI=1S/C60H119NO3/c1-3-5-7-9-11-13-15-17-19-21-23-25-27-28-29-30-31-32-34-36-38-40-42-44-46-48-50-52-54-56-60(64)61-58(57-62)59(63)55-53-51-49-47-45-43-41-39-37-35-33-26-24-22-20-18-16-14-12-10-8-6-4-2/h21,23,58-59,62-63H,3-20,22,24-57H2,1-2H3,(H,61,64)/b23-21-. The molecule has 0 heterocycles. The Labute approximate surface area is 403 Å². The van der Waals surface area contributed by atoms with Gasteiger partial charge in [0.15, 0.2) is 0 Å². The molecule has 0 spiro atoms. The molecule has 0 aliphatic carbocycles. The average molecular weight is 903 g/mol. The van der Waals surface area contributed by atoms with Crippen LogP contribution >= 0.6 is 0 Å². The molecule has 0 aromatic rings. The quantitative estimate of drug-likeness (QED) is 0.0421. The number of allylic oxidation sites excluding steroid dienone is 2. The smallest absolute Gasteiger partial charge is 0.220 e. The van der Waals surface area contributed by atoms with Crippen molar-refractivity contribution in [1.29, 1.82) is 0 Å². The van der Waals surface area contributed by atoms with Gasteiger partial charge in [-0.15, -0.1) is 0 Å². The van der Waals surface area contributed by atoms with E-state index in [-0.39, 0.29) is 12.5 Å². The van der Waals surface area contributed by atoms with E-state index in [0.29, 0.717) is 12.8 Å². The number of carbonyl (C=O) groups is 1. The van der Waals surface area contributed by atoms with Crippen molar-refractivity contribution >= 4 is 5.91 Å². The molecule has 3 N–H and O–H groups in total. The van der Waals surface area contributed by atoms with E-state index >= 15 is 0 Å². The maximum absolute atomic E-state index is 12.5. The molecule has 0 aliphatic rings. The fraction of sp³-hybridized carbons (Fsp3) is 0.950. The van der Waals surface area contributed by atoms with Crippen LogP contribution in [0.4, 0.5) is 0 Å². The van der Waals surface area contributed by atoms with Crippen molar-refractivity contribution in [3.8, 4) is 0 Å². The second-order valence-corrected chi connectivity index (χ2v) is 20.8. The second kappa shape index (κ2) is 56.5. The Bertz CT molecular complexity index is 890. The third kappa shape index (κ3) is 52.1. The fourth-order valence-corrected chi connectivity index (χ4v) is 9.71. The zero-order valence-electron chi connectivity index (χ0n) is 44.1. The number of rotatable bonds is 56.